The Kier molecular flexibility index (Phi) is 6.42. The molecule has 0 saturated carbocycles. The molecule has 0 aliphatic heterocycles. The van der Waals surface area contributed by atoms with E-state index in [1.54, 1.807) is 4.52 Å². The van der Waals surface area contributed by atoms with Gasteiger partial charge in [0.1, 0.15) is 22.2 Å². The standard InChI is InChI=1S/C32H24N8OS/c33-27-25(32-37-23-18-10-11-19-24(23)42-32)29(35-21-14-6-2-7-15-21)40-30(38-27)26(31(41)36-22-16-8-3-9-17-22)28(39-40)34-20-12-4-1-5-13-20/h1-19,35H,(H2,33,38)(H,34,39)(H,36,41). The molecule has 4 aromatic carbocycles. The van der Waals surface area contributed by atoms with Gasteiger partial charge in [-0.15, -0.1) is 16.4 Å². The summed E-state index contributed by atoms with van der Waals surface area (Å²) in [6.07, 6.45) is 0. The number of hydrogen-bond acceptors (Lipinski definition) is 8. The van der Waals surface area contributed by atoms with Gasteiger partial charge in [-0.1, -0.05) is 66.7 Å². The van der Waals surface area contributed by atoms with Crippen molar-refractivity contribution in [1.29, 1.82) is 0 Å². The second kappa shape index (κ2) is 10.7. The summed E-state index contributed by atoms with van der Waals surface area (Å²) in [5.41, 5.74) is 10.9. The van der Waals surface area contributed by atoms with E-state index in [0.717, 1.165) is 21.6 Å². The molecule has 9 nitrogen and oxygen atoms in total. The van der Waals surface area contributed by atoms with Crippen LogP contribution in [-0.2, 0) is 0 Å². The quantitative estimate of drug-likeness (QED) is 0.159. The zero-order chi connectivity index (χ0) is 28.5. The number of carbonyl (C=O) groups excluding carboxylic acids is 1. The number of nitrogens with one attached hydrogen (secondary N) is 3. The van der Waals surface area contributed by atoms with Gasteiger partial charge in [0.2, 0.25) is 0 Å². The number of nitrogens with zero attached hydrogens (tertiary/aromatic N) is 4. The summed E-state index contributed by atoms with van der Waals surface area (Å²) in [4.78, 5) is 23.5. The number of para-hydroxylation sites is 4. The van der Waals surface area contributed by atoms with E-state index < -0.39 is 0 Å². The van der Waals surface area contributed by atoms with E-state index in [9.17, 15) is 4.79 Å². The summed E-state index contributed by atoms with van der Waals surface area (Å²) in [6.45, 7) is 0. The molecule has 3 aromatic heterocycles. The van der Waals surface area contributed by atoms with Crippen LogP contribution in [-0.4, -0.2) is 25.5 Å². The Morgan fingerprint density at radius 1 is 0.714 bits per heavy atom. The molecule has 7 aromatic rings. The average molecular weight is 569 g/mol. The van der Waals surface area contributed by atoms with E-state index in [2.05, 4.69) is 16.0 Å². The van der Waals surface area contributed by atoms with Crippen molar-refractivity contribution in [3.8, 4) is 10.6 Å². The fourth-order valence-electron chi connectivity index (χ4n) is 4.70. The molecule has 0 unspecified atom stereocenters. The van der Waals surface area contributed by atoms with Crippen molar-refractivity contribution in [3.05, 3.63) is 121 Å². The fraction of sp³-hybridized carbons (Fsp3) is 0. The largest absolute Gasteiger partial charge is 0.383 e. The van der Waals surface area contributed by atoms with Crippen LogP contribution < -0.4 is 21.7 Å². The van der Waals surface area contributed by atoms with Gasteiger partial charge in [0, 0.05) is 17.1 Å². The first kappa shape index (κ1) is 25.2. The number of carbonyl (C=O) groups is 1. The number of anilines is 6. The van der Waals surface area contributed by atoms with Crippen LogP contribution in [0.1, 0.15) is 10.4 Å². The molecule has 5 N–H and O–H groups in total. The van der Waals surface area contributed by atoms with Crippen molar-refractivity contribution in [1.82, 2.24) is 19.6 Å². The lowest BCUT2D eigenvalue weighted by molar-refractivity contribution is 0.102. The number of aromatic nitrogens is 4. The second-order valence-electron chi connectivity index (χ2n) is 9.47. The normalized spacial score (nSPS) is 11.0. The van der Waals surface area contributed by atoms with Crippen LogP contribution in [0.3, 0.4) is 0 Å². The topological polar surface area (TPSA) is 122 Å². The van der Waals surface area contributed by atoms with Crippen LogP contribution in [0.4, 0.5) is 34.5 Å². The van der Waals surface area contributed by atoms with Gasteiger partial charge in [-0.3, -0.25) is 4.79 Å². The first-order valence-corrected chi connectivity index (χ1v) is 14.0. The van der Waals surface area contributed by atoms with Crippen LogP contribution in [0.25, 0.3) is 26.4 Å². The molecule has 0 radical (unpaired) electrons. The maximum Gasteiger partial charge on any atom is 0.263 e. The Bertz CT molecular complexity index is 2010. The smallest absolute Gasteiger partial charge is 0.263 e. The van der Waals surface area contributed by atoms with Gasteiger partial charge >= 0.3 is 0 Å². The number of nitrogens with two attached hydrogens (primary N) is 1. The van der Waals surface area contributed by atoms with E-state index in [0.29, 0.717) is 33.5 Å². The van der Waals surface area contributed by atoms with Crippen LogP contribution in [0, 0.1) is 0 Å². The number of nitrogen functional groups attached to an aromatic ring is 1. The molecule has 0 aliphatic rings. The minimum Gasteiger partial charge on any atom is -0.383 e. The van der Waals surface area contributed by atoms with Gasteiger partial charge in [0.25, 0.3) is 5.91 Å². The predicted octanol–water partition coefficient (Wildman–Crippen LogP) is 7.33. The Hall–Kier alpha value is -5.74. The molecule has 1 amide bonds. The van der Waals surface area contributed by atoms with E-state index in [4.69, 9.17) is 20.8 Å². The van der Waals surface area contributed by atoms with Gasteiger partial charge in [0.05, 0.1) is 15.8 Å². The van der Waals surface area contributed by atoms with E-state index in [-0.39, 0.29) is 17.3 Å². The highest BCUT2D eigenvalue weighted by Crippen LogP contribution is 2.40. The molecular weight excluding hydrogens is 544 g/mol. The number of benzene rings is 4. The maximum absolute atomic E-state index is 13.8. The van der Waals surface area contributed by atoms with Gasteiger partial charge < -0.3 is 21.7 Å². The van der Waals surface area contributed by atoms with E-state index in [1.165, 1.54) is 11.3 Å². The van der Waals surface area contributed by atoms with Gasteiger partial charge in [-0.05, 0) is 48.5 Å². The van der Waals surface area contributed by atoms with Crippen molar-refractivity contribution in [2.45, 2.75) is 0 Å². The fourth-order valence-corrected chi connectivity index (χ4v) is 5.72. The van der Waals surface area contributed by atoms with Crippen molar-refractivity contribution in [2.75, 3.05) is 21.7 Å². The zero-order valence-electron chi connectivity index (χ0n) is 22.2. The highest BCUT2D eigenvalue weighted by atomic mass is 32.1. The summed E-state index contributed by atoms with van der Waals surface area (Å²) in [6, 6.07) is 36.4. The first-order chi connectivity index (χ1) is 20.6. The molecular formula is C32H24N8OS. The van der Waals surface area contributed by atoms with Crippen LogP contribution in [0.2, 0.25) is 0 Å². The van der Waals surface area contributed by atoms with Crippen molar-refractivity contribution < 1.29 is 4.79 Å². The summed E-state index contributed by atoms with van der Waals surface area (Å²) in [7, 11) is 0. The Labute approximate surface area is 244 Å². The number of fused-ring (bicyclic) bond motifs is 2. The average Bonchev–Trinajstić information content (AvgIpc) is 3.60. The SMILES string of the molecule is Nc1nc2c(C(=O)Nc3ccccc3)c(Nc3ccccc3)nn2c(Nc2ccccc2)c1-c1nc2ccccc2s1. The molecule has 0 atom stereocenters. The predicted molar refractivity (Wildman–Crippen MR) is 170 cm³/mol. The third-order valence-electron chi connectivity index (χ3n) is 6.63. The summed E-state index contributed by atoms with van der Waals surface area (Å²) < 4.78 is 2.64. The molecule has 42 heavy (non-hydrogen) atoms. The number of rotatable bonds is 7. The molecule has 0 bridgehead atoms. The Morgan fingerprint density at radius 3 is 1.98 bits per heavy atom. The molecule has 0 aliphatic carbocycles. The summed E-state index contributed by atoms with van der Waals surface area (Å²) in [5, 5.41) is 15.3. The molecule has 10 heteroatoms. The highest BCUT2D eigenvalue weighted by molar-refractivity contribution is 7.21. The molecule has 204 valence electrons. The van der Waals surface area contributed by atoms with E-state index >= 15 is 0 Å². The van der Waals surface area contributed by atoms with Gasteiger partial charge in [0.15, 0.2) is 11.5 Å². The minimum absolute atomic E-state index is 0.222. The van der Waals surface area contributed by atoms with Crippen molar-refractivity contribution in [3.63, 3.8) is 0 Å². The summed E-state index contributed by atoms with van der Waals surface area (Å²) in [5.74, 6) is 0.719. The van der Waals surface area contributed by atoms with Crippen LogP contribution in [0.5, 0.6) is 0 Å². The van der Waals surface area contributed by atoms with Gasteiger partial charge in [-0.25, -0.2) is 9.97 Å². The maximum atomic E-state index is 13.8. The lowest BCUT2D eigenvalue weighted by Gasteiger charge is -2.14. The van der Waals surface area contributed by atoms with Crippen molar-refractivity contribution in [2.24, 2.45) is 0 Å². The van der Waals surface area contributed by atoms with Crippen molar-refractivity contribution >= 4 is 67.6 Å². The molecule has 0 fully saturated rings. The summed E-state index contributed by atoms with van der Waals surface area (Å²) >= 11 is 1.51. The van der Waals surface area contributed by atoms with Crippen LogP contribution >= 0.6 is 11.3 Å². The molecule has 7 rings (SSSR count). The molecule has 3 heterocycles. The molecule has 0 spiro atoms. The van der Waals surface area contributed by atoms with E-state index in [1.807, 2.05) is 115 Å². The third-order valence-corrected chi connectivity index (χ3v) is 7.69. The minimum atomic E-state index is -0.375. The first-order valence-electron chi connectivity index (χ1n) is 13.2. The van der Waals surface area contributed by atoms with Gasteiger partial charge in [-0.2, -0.15) is 4.52 Å². The van der Waals surface area contributed by atoms with Crippen LogP contribution in [0.15, 0.2) is 115 Å². The second-order valence-corrected chi connectivity index (χ2v) is 10.5. The Balaban J connectivity index is 1.47. The lowest BCUT2D eigenvalue weighted by Crippen LogP contribution is -2.14. The number of hydrogen-bond donors (Lipinski definition) is 4. The Morgan fingerprint density at radius 2 is 1.31 bits per heavy atom. The molecule has 0 saturated heterocycles. The third kappa shape index (κ3) is 4.76. The zero-order valence-corrected chi connectivity index (χ0v) is 23.0. The highest BCUT2D eigenvalue weighted by Gasteiger charge is 2.27. The number of amides is 1. The monoisotopic (exact) mass is 568 g/mol. The number of thiazole rings is 1. The lowest BCUT2D eigenvalue weighted by atomic mass is 10.2.